The number of aliphatic hydroxyl groups is 1. The third kappa shape index (κ3) is 2.73. The SMILES string of the molecule is C=C(c1ccc2c(c1)SCC2)C(CO)NCC. The van der Waals surface area contributed by atoms with Gasteiger partial charge in [-0.2, -0.15) is 0 Å². The second-order valence-electron chi connectivity index (χ2n) is 4.24. The number of aliphatic hydroxyl groups excluding tert-OH is 1. The molecule has 1 heterocycles. The first kappa shape index (κ1) is 12.7. The highest BCUT2D eigenvalue weighted by atomic mass is 32.2. The van der Waals surface area contributed by atoms with Crippen LogP contribution in [0.3, 0.4) is 0 Å². The lowest BCUT2D eigenvalue weighted by Gasteiger charge is -2.18. The molecule has 1 unspecified atom stereocenters. The Morgan fingerprint density at radius 2 is 2.41 bits per heavy atom. The number of hydrogen-bond donors (Lipinski definition) is 2. The van der Waals surface area contributed by atoms with E-state index in [1.807, 2.05) is 18.7 Å². The van der Waals surface area contributed by atoms with Gasteiger partial charge in [-0.1, -0.05) is 25.6 Å². The number of rotatable bonds is 5. The minimum atomic E-state index is -0.0375. The van der Waals surface area contributed by atoms with Crippen molar-refractivity contribution in [1.29, 1.82) is 0 Å². The number of aryl methyl sites for hydroxylation is 1. The van der Waals surface area contributed by atoms with Crippen molar-refractivity contribution in [2.24, 2.45) is 0 Å². The van der Waals surface area contributed by atoms with Crippen LogP contribution in [0.2, 0.25) is 0 Å². The average Bonchev–Trinajstić information content (AvgIpc) is 2.82. The Labute approximate surface area is 107 Å². The first-order valence-electron chi connectivity index (χ1n) is 6.05. The van der Waals surface area contributed by atoms with Crippen molar-refractivity contribution < 1.29 is 5.11 Å². The lowest BCUT2D eigenvalue weighted by atomic mass is 9.99. The van der Waals surface area contributed by atoms with E-state index in [0.717, 1.165) is 17.7 Å². The molecular weight excluding hydrogens is 230 g/mol. The van der Waals surface area contributed by atoms with Crippen LogP contribution in [0.25, 0.3) is 5.57 Å². The summed E-state index contributed by atoms with van der Waals surface area (Å²) < 4.78 is 0. The van der Waals surface area contributed by atoms with Gasteiger partial charge in [0.05, 0.1) is 12.6 Å². The molecule has 2 N–H and O–H groups in total. The van der Waals surface area contributed by atoms with E-state index in [4.69, 9.17) is 0 Å². The van der Waals surface area contributed by atoms with Gasteiger partial charge in [-0.25, -0.2) is 0 Å². The quantitative estimate of drug-likeness (QED) is 0.840. The van der Waals surface area contributed by atoms with Crippen LogP contribution in [-0.2, 0) is 6.42 Å². The van der Waals surface area contributed by atoms with Crippen LogP contribution in [0.4, 0.5) is 0 Å². The second kappa shape index (κ2) is 5.71. The Bertz CT molecular complexity index is 417. The molecule has 1 aromatic carbocycles. The number of likely N-dealkylation sites (N-methyl/N-ethyl adjacent to an activating group) is 1. The van der Waals surface area contributed by atoms with Gasteiger partial charge in [0.2, 0.25) is 0 Å². The molecule has 0 bridgehead atoms. The number of hydrogen-bond acceptors (Lipinski definition) is 3. The molecule has 0 aromatic heterocycles. The van der Waals surface area contributed by atoms with E-state index in [-0.39, 0.29) is 12.6 Å². The van der Waals surface area contributed by atoms with Gasteiger partial charge in [-0.3, -0.25) is 0 Å². The standard InChI is InChI=1S/C14H19NOS/c1-3-15-13(9-16)10(2)12-5-4-11-6-7-17-14(11)8-12/h4-5,8,13,15-16H,2-3,6-7,9H2,1H3. The molecule has 1 aromatic rings. The average molecular weight is 249 g/mol. The van der Waals surface area contributed by atoms with E-state index in [2.05, 4.69) is 30.1 Å². The fraction of sp³-hybridized carbons (Fsp3) is 0.429. The molecule has 0 fully saturated rings. The van der Waals surface area contributed by atoms with Crippen molar-refractivity contribution in [2.45, 2.75) is 24.3 Å². The first-order valence-corrected chi connectivity index (χ1v) is 7.04. The number of nitrogens with one attached hydrogen (secondary N) is 1. The van der Waals surface area contributed by atoms with Gasteiger partial charge in [-0.05, 0) is 35.7 Å². The molecule has 1 aliphatic rings. The van der Waals surface area contributed by atoms with Gasteiger partial charge in [-0.15, -0.1) is 11.8 Å². The molecule has 17 heavy (non-hydrogen) atoms. The molecule has 0 saturated carbocycles. The van der Waals surface area contributed by atoms with E-state index in [0.29, 0.717) is 0 Å². The monoisotopic (exact) mass is 249 g/mol. The number of thioether (sulfide) groups is 1. The molecule has 0 saturated heterocycles. The maximum atomic E-state index is 9.35. The third-order valence-electron chi connectivity index (χ3n) is 3.12. The number of fused-ring (bicyclic) bond motifs is 1. The topological polar surface area (TPSA) is 32.3 Å². The Morgan fingerprint density at radius 3 is 3.12 bits per heavy atom. The van der Waals surface area contributed by atoms with E-state index in [9.17, 15) is 5.11 Å². The van der Waals surface area contributed by atoms with Gasteiger partial charge in [0, 0.05) is 10.6 Å². The van der Waals surface area contributed by atoms with Crippen LogP contribution in [0.15, 0.2) is 29.7 Å². The summed E-state index contributed by atoms with van der Waals surface area (Å²) in [5.74, 6) is 1.18. The van der Waals surface area contributed by atoms with Crippen LogP contribution in [-0.4, -0.2) is 30.1 Å². The molecule has 3 heteroatoms. The zero-order chi connectivity index (χ0) is 12.3. The molecule has 1 atom stereocenters. The van der Waals surface area contributed by atoms with Crippen molar-refractivity contribution in [3.63, 3.8) is 0 Å². The summed E-state index contributed by atoms with van der Waals surface area (Å²) in [5.41, 5.74) is 3.55. The Hall–Kier alpha value is -0.770. The Morgan fingerprint density at radius 1 is 1.59 bits per heavy atom. The van der Waals surface area contributed by atoms with Crippen molar-refractivity contribution >= 4 is 17.3 Å². The molecule has 0 aliphatic carbocycles. The maximum Gasteiger partial charge on any atom is 0.0626 e. The van der Waals surface area contributed by atoms with E-state index < -0.39 is 0 Å². The molecule has 2 nitrogen and oxygen atoms in total. The summed E-state index contributed by atoms with van der Waals surface area (Å²) in [6.07, 6.45) is 1.17. The molecule has 0 radical (unpaired) electrons. The van der Waals surface area contributed by atoms with Crippen molar-refractivity contribution in [1.82, 2.24) is 5.32 Å². The zero-order valence-electron chi connectivity index (χ0n) is 10.2. The summed E-state index contributed by atoms with van der Waals surface area (Å²) in [4.78, 5) is 1.37. The molecule has 0 amide bonds. The second-order valence-corrected chi connectivity index (χ2v) is 5.38. The summed E-state index contributed by atoms with van der Waals surface area (Å²) in [6, 6.07) is 6.47. The fourth-order valence-corrected chi connectivity index (χ4v) is 3.22. The summed E-state index contributed by atoms with van der Waals surface area (Å²) in [7, 11) is 0. The van der Waals surface area contributed by atoms with Gasteiger partial charge in [0.15, 0.2) is 0 Å². The smallest absolute Gasteiger partial charge is 0.0626 e. The van der Waals surface area contributed by atoms with Gasteiger partial charge < -0.3 is 10.4 Å². The van der Waals surface area contributed by atoms with Crippen LogP contribution in [0.5, 0.6) is 0 Å². The molecule has 1 aliphatic heterocycles. The van der Waals surface area contributed by atoms with Crippen molar-refractivity contribution in [3.8, 4) is 0 Å². The summed E-state index contributed by atoms with van der Waals surface area (Å²) >= 11 is 1.91. The lowest BCUT2D eigenvalue weighted by Crippen LogP contribution is -2.33. The van der Waals surface area contributed by atoms with E-state index >= 15 is 0 Å². The molecule has 92 valence electrons. The largest absolute Gasteiger partial charge is 0.394 e. The Balaban J connectivity index is 2.19. The molecule has 0 spiro atoms. The van der Waals surface area contributed by atoms with Gasteiger partial charge in [0.1, 0.15) is 0 Å². The highest BCUT2D eigenvalue weighted by molar-refractivity contribution is 7.99. The highest BCUT2D eigenvalue weighted by Gasteiger charge is 2.16. The predicted molar refractivity (Wildman–Crippen MR) is 74.5 cm³/mol. The zero-order valence-corrected chi connectivity index (χ0v) is 11.0. The van der Waals surface area contributed by atoms with E-state index in [1.165, 1.54) is 22.6 Å². The van der Waals surface area contributed by atoms with E-state index in [1.54, 1.807) is 0 Å². The van der Waals surface area contributed by atoms with Crippen LogP contribution >= 0.6 is 11.8 Å². The van der Waals surface area contributed by atoms with Crippen LogP contribution in [0, 0.1) is 0 Å². The minimum absolute atomic E-state index is 0.0375. The van der Waals surface area contributed by atoms with Crippen molar-refractivity contribution in [3.05, 3.63) is 35.9 Å². The third-order valence-corrected chi connectivity index (χ3v) is 4.22. The predicted octanol–water partition coefficient (Wildman–Crippen LogP) is 2.32. The van der Waals surface area contributed by atoms with Gasteiger partial charge in [0.25, 0.3) is 0 Å². The summed E-state index contributed by atoms with van der Waals surface area (Å²) in [5, 5.41) is 12.6. The number of benzene rings is 1. The Kier molecular flexibility index (Phi) is 4.26. The maximum absolute atomic E-state index is 9.35. The van der Waals surface area contributed by atoms with Crippen molar-refractivity contribution in [2.75, 3.05) is 18.9 Å². The highest BCUT2D eigenvalue weighted by Crippen LogP contribution is 2.33. The molecule has 2 rings (SSSR count). The molecular formula is C14H19NOS. The first-order chi connectivity index (χ1) is 8.26. The fourth-order valence-electron chi connectivity index (χ4n) is 2.11. The van der Waals surface area contributed by atoms with Crippen LogP contribution in [0.1, 0.15) is 18.1 Å². The normalized spacial score (nSPS) is 15.6. The van der Waals surface area contributed by atoms with Gasteiger partial charge >= 0.3 is 0 Å². The van der Waals surface area contributed by atoms with Crippen LogP contribution < -0.4 is 5.32 Å². The lowest BCUT2D eigenvalue weighted by molar-refractivity contribution is 0.270. The minimum Gasteiger partial charge on any atom is -0.394 e. The summed E-state index contributed by atoms with van der Waals surface area (Å²) in [6.45, 7) is 7.08.